The van der Waals surface area contributed by atoms with Gasteiger partial charge in [0.05, 0.1) is 37.5 Å². The van der Waals surface area contributed by atoms with E-state index in [-0.39, 0.29) is 56.0 Å². The quantitative estimate of drug-likeness (QED) is 0.0466. The highest BCUT2D eigenvalue weighted by atomic mass is 19.1. The van der Waals surface area contributed by atoms with Crippen molar-refractivity contribution in [3.63, 3.8) is 0 Å². The van der Waals surface area contributed by atoms with Gasteiger partial charge in [-0.1, -0.05) is 31.2 Å². The Morgan fingerprint density at radius 3 is 2.42 bits per heavy atom. The Labute approximate surface area is 349 Å². The predicted molar refractivity (Wildman–Crippen MR) is 223 cm³/mol. The summed E-state index contributed by atoms with van der Waals surface area (Å²) in [5, 5.41) is 11.9. The molecular formula is C43H57FN8O8. The first-order valence-electron chi connectivity index (χ1n) is 20.5. The maximum atomic E-state index is 14.3. The number of hydrogen-bond donors (Lipinski definition) is 6. The van der Waals surface area contributed by atoms with Crippen LogP contribution in [0.15, 0.2) is 48.6 Å². The normalized spacial score (nSPS) is 15.8. The Balaban J connectivity index is 1.02. The van der Waals surface area contributed by atoms with Crippen LogP contribution in [0.25, 0.3) is 22.2 Å². The van der Waals surface area contributed by atoms with Crippen molar-refractivity contribution in [3.8, 4) is 11.3 Å². The van der Waals surface area contributed by atoms with E-state index in [1.807, 2.05) is 36.2 Å². The number of imide groups is 1. The SMILES string of the molecule is CC(CCN1C(=O)C=CC1=O)OCC(C)C(=O)N[C@H](C)C(=O)N[C@H](CCCCN)C(=O)NCCOCN(C)Cc1ccc(-c2[nH]c3cc(F)cc4c3c2CCNC4=O)cc1. The average Bonchev–Trinajstić information content (AvgIpc) is 3.69. The summed E-state index contributed by atoms with van der Waals surface area (Å²) in [6, 6.07) is 8.97. The number of amides is 6. The highest BCUT2D eigenvalue weighted by molar-refractivity contribution is 6.13. The van der Waals surface area contributed by atoms with Gasteiger partial charge in [0.1, 0.15) is 17.9 Å². The van der Waals surface area contributed by atoms with Gasteiger partial charge in [-0.3, -0.25) is 38.6 Å². The van der Waals surface area contributed by atoms with E-state index in [0.717, 1.165) is 32.7 Å². The summed E-state index contributed by atoms with van der Waals surface area (Å²) in [4.78, 5) is 81.6. The molecule has 324 valence electrons. The third-order valence-corrected chi connectivity index (χ3v) is 10.5. The number of nitrogens with zero attached hydrogens (tertiary/aromatic N) is 2. The van der Waals surface area contributed by atoms with Crippen LogP contribution in [-0.2, 0) is 46.4 Å². The number of hydrogen-bond acceptors (Lipinski definition) is 10. The number of nitrogens with one attached hydrogen (secondary N) is 5. The molecule has 4 atom stereocenters. The van der Waals surface area contributed by atoms with Crippen molar-refractivity contribution in [1.29, 1.82) is 0 Å². The summed E-state index contributed by atoms with van der Waals surface area (Å²) < 4.78 is 25.9. The molecule has 5 rings (SSSR count). The minimum Gasteiger partial charge on any atom is -0.378 e. The van der Waals surface area contributed by atoms with Crippen molar-refractivity contribution in [3.05, 3.63) is 71.1 Å². The molecule has 0 aliphatic carbocycles. The maximum Gasteiger partial charge on any atom is 0.253 e. The van der Waals surface area contributed by atoms with Crippen LogP contribution in [0.5, 0.6) is 0 Å². The zero-order valence-electron chi connectivity index (χ0n) is 34.7. The number of aromatic amines is 1. The van der Waals surface area contributed by atoms with Gasteiger partial charge in [-0.15, -0.1) is 0 Å². The van der Waals surface area contributed by atoms with Crippen molar-refractivity contribution in [2.75, 3.05) is 53.2 Å². The smallest absolute Gasteiger partial charge is 0.253 e. The summed E-state index contributed by atoms with van der Waals surface area (Å²) in [5.41, 5.74) is 10.4. The van der Waals surface area contributed by atoms with Gasteiger partial charge in [-0.25, -0.2) is 4.39 Å². The summed E-state index contributed by atoms with van der Waals surface area (Å²) in [5.74, 6) is -3.35. The molecular weight excluding hydrogens is 776 g/mol. The number of aromatic nitrogens is 1. The van der Waals surface area contributed by atoms with E-state index >= 15 is 0 Å². The van der Waals surface area contributed by atoms with E-state index in [1.165, 1.54) is 31.2 Å². The number of benzene rings is 2. The van der Waals surface area contributed by atoms with E-state index in [1.54, 1.807) is 13.8 Å². The van der Waals surface area contributed by atoms with Crippen LogP contribution in [-0.4, -0.2) is 122 Å². The molecule has 1 aromatic heterocycles. The number of nitrogens with two attached hydrogens (primary N) is 1. The lowest BCUT2D eigenvalue weighted by molar-refractivity contribution is -0.137. The van der Waals surface area contributed by atoms with Crippen LogP contribution in [0, 0.1) is 11.7 Å². The standard InChI is InChI=1S/C43H57FN8O8/c1-26(24-60-27(2)15-19-52-36(53)12-13-37(52)54)40(55)48-28(3)41(56)50-34(7-5-6-16-45)43(58)47-18-20-59-25-51(4)23-29-8-10-30(11-9-29)39-32-14-17-46-42(57)33-21-31(44)22-35(49-39)38(32)33/h8-13,21-22,26-28,34,49H,5-7,14-20,23-25,45H2,1-4H3,(H,46,57)(H,47,58)(H,48,55)(H,50,56)/t26?,27?,28-,34-/m1/s1. The first-order chi connectivity index (χ1) is 28.7. The molecule has 0 radical (unpaired) electrons. The van der Waals surface area contributed by atoms with Crippen molar-refractivity contribution in [1.82, 2.24) is 36.1 Å². The fourth-order valence-electron chi connectivity index (χ4n) is 7.07. The second-order valence-corrected chi connectivity index (χ2v) is 15.5. The Morgan fingerprint density at radius 2 is 1.70 bits per heavy atom. The minimum absolute atomic E-state index is 0.0685. The Hall–Kier alpha value is -5.49. The molecule has 3 aromatic rings. The Kier molecular flexibility index (Phi) is 16.5. The summed E-state index contributed by atoms with van der Waals surface area (Å²) in [6.07, 6.45) is 4.82. The summed E-state index contributed by atoms with van der Waals surface area (Å²) in [6.45, 7) is 7.52. The third kappa shape index (κ3) is 12.3. The van der Waals surface area contributed by atoms with Crippen molar-refractivity contribution >= 4 is 46.3 Å². The zero-order valence-corrected chi connectivity index (χ0v) is 34.7. The number of H-pyrrole nitrogens is 1. The molecule has 2 aromatic carbocycles. The van der Waals surface area contributed by atoms with Gasteiger partial charge in [-0.05, 0) is 88.4 Å². The van der Waals surface area contributed by atoms with E-state index in [9.17, 15) is 33.2 Å². The number of ether oxygens (including phenoxy) is 2. The van der Waals surface area contributed by atoms with Gasteiger partial charge in [-0.2, -0.15) is 0 Å². The van der Waals surface area contributed by atoms with Gasteiger partial charge in [0.2, 0.25) is 17.7 Å². The first-order valence-corrected chi connectivity index (χ1v) is 20.5. The molecule has 3 heterocycles. The number of rotatable bonds is 23. The second-order valence-electron chi connectivity index (χ2n) is 15.5. The van der Waals surface area contributed by atoms with Gasteiger partial charge >= 0.3 is 0 Å². The van der Waals surface area contributed by atoms with E-state index < -0.39 is 35.6 Å². The molecule has 7 N–H and O–H groups in total. The monoisotopic (exact) mass is 832 g/mol. The molecule has 0 spiro atoms. The first kappa shape index (κ1) is 45.6. The van der Waals surface area contributed by atoms with Gasteiger partial charge < -0.3 is 41.5 Å². The van der Waals surface area contributed by atoms with Crippen LogP contribution in [0.4, 0.5) is 4.39 Å². The van der Waals surface area contributed by atoms with Crippen molar-refractivity contribution in [2.45, 2.75) is 77.6 Å². The number of unbranched alkanes of at least 4 members (excludes halogenated alkanes) is 1. The molecule has 0 fully saturated rings. The van der Waals surface area contributed by atoms with Crippen LogP contribution in [0.1, 0.15) is 67.9 Å². The van der Waals surface area contributed by atoms with E-state index in [4.69, 9.17) is 15.2 Å². The van der Waals surface area contributed by atoms with E-state index in [0.29, 0.717) is 69.5 Å². The highest BCUT2D eigenvalue weighted by Crippen LogP contribution is 2.35. The Bertz CT molecular complexity index is 2040. The topological polar surface area (TPSA) is 217 Å². The molecule has 2 aliphatic rings. The molecule has 2 aliphatic heterocycles. The highest BCUT2D eigenvalue weighted by Gasteiger charge is 2.27. The minimum atomic E-state index is -0.925. The van der Waals surface area contributed by atoms with Crippen molar-refractivity contribution < 1.29 is 42.6 Å². The lowest BCUT2D eigenvalue weighted by atomic mass is 9.99. The molecule has 6 amide bonds. The lowest BCUT2D eigenvalue weighted by Gasteiger charge is -2.23. The number of halogens is 1. The third-order valence-electron chi connectivity index (χ3n) is 10.5. The number of carbonyl (C=O) groups excluding carboxylic acids is 6. The largest absolute Gasteiger partial charge is 0.378 e. The molecule has 60 heavy (non-hydrogen) atoms. The summed E-state index contributed by atoms with van der Waals surface area (Å²) >= 11 is 0. The van der Waals surface area contributed by atoms with E-state index in [2.05, 4.69) is 26.3 Å². The van der Waals surface area contributed by atoms with Gasteiger partial charge in [0.25, 0.3) is 17.7 Å². The zero-order chi connectivity index (χ0) is 43.3. The van der Waals surface area contributed by atoms with Gasteiger partial charge in [0, 0.05) is 54.9 Å². The lowest BCUT2D eigenvalue weighted by Crippen LogP contribution is -2.53. The van der Waals surface area contributed by atoms with Gasteiger partial charge in [0.15, 0.2) is 0 Å². The molecule has 16 nitrogen and oxygen atoms in total. The average molecular weight is 833 g/mol. The molecule has 0 saturated carbocycles. The maximum absolute atomic E-state index is 14.3. The molecule has 0 bridgehead atoms. The van der Waals surface area contributed by atoms with Crippen LogP contribution >= 0.6 is 0 Å². The van der Waals surface area contributed by atoms with Crippen LogP contribution < -0.4 is 27.0 Å². The Morgan fingerprint density at radius 1 is 0.967 bits per heavy atom. The number of carbonyl (C=O) groups is 6. The molecule has 0 saturated heterocycles. The molecule has 17 heteroatoms. The summed E-state index contributed by atoms with van der Waals surface area (Å²) in [7, 11) is 1.91. The fourth-order valence-corrected chi connectivity index (χ4v) is 7.07. The van der Waals surface area contributed by atoms with Crippen molar-refractivity contribution in [2.24, 2.45) is 11.7 Å². The van der Waals surface area contributed by atoms with Crippen LogP contribution in [0.3, 0.4) is 0 Å². The van der Waals surface area contributed by atoms with Crippen LogP contribution in [0.2, 0.25) is 0 Å². The molecule has 2 unspecified atom stereocenters. The second kappa shape index (κ2) is 21.7. The fraction of sp³-hybridized carbons (Fsp3) is 0.488. The predicted octanol–water partition coefficient (Wildman–Crippen LogP) is 2.26.